The molecule has 6 nitrogen and oxygen atoms in total. The Kier molecular flexibility index (Phi) is 6.52. The lowest BCUT2D eigenvalue weighted by molar-refractivity contribution is 0.0240. The fourth-order valence-corrected chi connectivity index (χ4v) is 6.27. The molecule has 0 spiro atoms. The first-order chi connectivity index (χ1) is 18.5. The number of rotatable bonds is 5. The van der Waals surface area contributed by atoms with Crippen LogP contribution in [0.3, 0.4) is 0 Å². The Hall–Kier alpha value is -3.51. The van der Waals surface area contributed by atoms with Crippen LogP contribution in [0.25, 0.3) is 21.8 Å². The zero-order valence-electron chi connectivity index (χ0n) is 22.5. The molecule has 4 aromatic rings. The summed E-state index contributed by atoms with van der Waals surface area (Å²) < 4.78 is 7.96. The van der Waals surface area contributed by atoms with E-state index < -0.39 is 12.1 Å². The van der Waals surface area contributed by atoms with Crippen molar-refractivity contribution in [2.24, 2.45) is 0 Å². The number of aromatic nitrogens is 2. The molecular weight excluding hydrogens is 474 g/mol. The van der Waals surface area contributed by atoms with Crippen LogP contribution in [-0.4, -0.2) is 45.0 Å². The van der Waals surface area contributed by atoms with Gasteiger partial charge in [0.25, 0.3) is 5.91 Å². The van der Waals surface area contributed by atoms with Gasteiger partial charge in [-0.2, -0.15) is 0 Å². The SMILES string of the molecule is CCC(OC(=O)c1c2c(nc3ccccc13)CCN(C(C)C)C2)C(=O)n1c2c(c3ccccc31)CCCC2. The summed E-state index contributed by atoms with van der Waals surface area (Å²) >= 11 is 0. The summed E-state index contributed by atoms with van der Waals surface area (Å²) in [6.45, 7) is 7.81. The first kappa shape index (κ1) is 24.8. The average molecular weight is 510 g/mol. The molecule has 38 heavy (non-hydrogen) atoms. The smallest absolute Gasteiger partial charge is 0.340 e. The molecule has 196 valence electrons. The topological polar surface area (TPSA) is 64.4 Å². The first-order valence-electron chi connectivity index (χ1n) is 14.0. The number of benzene rings is 2. The molecule has 1 atom stereocenters. The van der Waals surface area contributed by atoms with E-state index in [0.29, 0.717) is 24.6 Å². The molecule has 0 N–H and O–H groups in total. The molecule has 0 radical (unpaired) electrons. The van der Waals surface area contributed by atoms with E-state index in [0.717, 1.165) is 77.4 Å². The number of aryl methyl sites for hydroxylation is 1. The Morgan fingerprint density at radius 3 is 2.47 bits per heavy atom. The van der Waals surface area contributed by atoms with E-state index >= 15 is 0 Å². The van der Waals surface area contributed by atoms with Gasteiger partial charge in [0.1, 0.15) is 0 Å². The van der Waals surface area contributed by atoms with Crippen LogP contribution in [0.15, 0.2) is 48.5 Å². The maximum Gasteiger partial charge on any atom is 0.340 e. The van der Waals surface area contributed by atoms with E-state index in [2.05, 4.69) is 24.8 Å². The van der Waals surface area contributed by atoms with Crippen molar-refractivity contribution in [2.75, 3.05) is 6.54 Å². The van der Waals surface area contributed by atoms with Gasteiger partial charge >= 0.3 is 5.97 Å². The van der Waals surface area contributed by atoms with Crippen molar-refractivity contribution in [1.29, 1.82) is 0 Å². The minimum absolute atomic E-state index is 0.156. The van der Waals surface area contributed by atoms with E-state index in [1.54, 1.807) is 0 Å². The fraction of sp³-hybridized carbons (Fsp3) is 0.406. The Morgan fingerprint density at radius 2 is 1.68 bits per heavy atom. The van der Waals surface area contributed by atoms with E-state index in [1.807, 2.05) is 54.0 Å². The van der Waals surface area contributed by atoms with Crippen LogP contribution in [0.1, 0.15) is 77.7 Å². The van der Waals surface area contributed by atoms with Crippen molar-refractivity contribution in [2.45, 2.75) is 78.0 Å². The van der Waals surface area contributed by atoms with Gasteiger partial charge in [0.15, 0.2) is 6.10 Å². The van der Waals surface area contributed by atoms with Gasteiger partial charge in [-0.15, -0.1) is 0 Å². The summed E-state index contributed by atoms with van der Waals surface area (Å²) in [5.41, 5.74) is 6.50. The highest BCUT2D eigenvalue weighted by molar-refractivity contribution is 6.06. The lowest BCUT2D eigenvalue weighted by Gasteiger charge is -2.32. The van der Waals surface area contributed by atoms with Crippen molar-refractivity contribution >= 4 is 33.7 Å². The largest absolute Gasteiger partial charge is 0.449 e. The molecule has 6 heteroatoms. The Bertz CT molecular complexity index is 1550. The number of carbonyl (C=O) groups is 2. The fourth-order valence-electron chi connectivity index (χ4n) is 6.27. The minimum Gasteiger partial charge on any atom is -0.449 e. The van der Waals surface area contributed by atoms with Crippen LogP contribution in [0.5, 0.6) is 0 Å². The number of para-hydroxylation sites is 2. The standard InChI is InChI=1S/C32H35N3O3/c1-4-29(31(36)35-27-15-9-6-11-21(27)22-12-7-10-16-28(22)35)38-32(37)30-23-13-5-8-14-25(23)33-26-17-18-34(20(2)3)19-24(26)30/h5-6,8-9,11,13-15,20,29H,4,7,10,12,16-19H2,1-3H3. The Labute approximate surface area is 223 Å². The third-order valence-electron chi connectivity index (χ3n) is 8.30. The van der Waals surface area contributed by atoms with Crippen LogP contribution in [0.2, 0.25) is 0 Å². The molecule has 0 amide bonds. The molecule has 3 heterocycles. The molecule has 1 aliphatic carbocycles. The van der Waals surface area contributed by atoms with Crippen LogP contribution in [-0.2, 0) is 30.5 Å². The quantitative estimate of drug-likeness (QED) is 0.304. The lowest BCUT2D eigenvalue weighted by atomic mass is 9.95. The van der Waals surface area contributed by atoms with Crippen LogP contribution in [0.4, 0.5) is 0 Å². The molecule has 6 rings (SSSR count). The number of hydrogen-bond donors (Lipinski definition) is 0. The van der Waals surface area contributed by atoms with Gasteiger partial charge in [-0.1, -0.05) is 43.3 Å². The maximum atomic E-state index is 14.0. The van der Waals surface area contributed by atoms with E-state index in [-0.39, 0.29) is 5.91 Å². The summed E-state index contributed by atoms with van der Waals surface area (Å²) in [5.74, 6) is -0.591. The van der Waals surface area contributed by atoms with Crippen molar-refractivity contribution in [3.05, 3.63) is 76.6 Å². The molecular formula is C32H35N3O3. The van der Waals surface area contributed by atoms with Gasteiger partial charge in [0.05, 0.1) is 16.6 Å². The number of hydrogen-bond acceptors (Lipinski definition) is 5. The monoisotopic (exact) mass is 509 g/mol. The second-order valence-electron chi connectivity index (χ2n) is 10.9. The Balaban J connectivity index is 1.40. The first-order valence-corrected chi connectivity index (χ1v) is 14.0. The zero-order valence-corrected chi connectivity index (χ0v) is 22.5. The molecule has 1 unspecified atom stereocenters. The van der Waals surface area contributed by atoms with E-state index in [4.69, 9.17) is 9.72 Å². The molecule has 0 bridgehead atoms. The molecule has 2 aliphatic rings. The van der Waals surface area contributed by atoms with Gasteiger partial charge in [0, 0.05) is 53.3 Å². The molecule has 0 saturated carbocycles. The third-order valence-corrected chi connectivity index (χ3v) is 8.30. The molecule has 0 fully saturated rings. The molecule has 0 saturated heterocycles. The van der Waals surface area contributed by atoms with Crippen LogP contribution < -0.4 is 0 Å². The highest BCUT2D eigenvalue weighted by Crippen LogP contribution is 2.34. The summed E-state index contributed by atoms with van der Waals surface area (Å²) in [6.07, 6.45) is 4.38. The van der Waals surface area contributed by atoms with Crippen molar-refractivity contribution in [3.8, 4) is 0 Å². The van der Waals surface area contributed by atoms with Gasteiger partial charge in [-0.3, -0.25) is 19.2 Å². The van der Waals surface area contributed by atoms with E-state index in [9.17, 15) is 9.59 Å². The number of esters is 1. The molecule has 1 aliphatic heterocycles. The van der Waals surface area contributed by atoms with Gasteiger partial charge in [0.2, 0.25) is 0 Å². The summed E-state index contributed by atoms with van der Waals surface area (Å²) in [7, 11) is 0. The third kappa shape index (κ3) is 4.11. The number of ether oxygens (including phenoxy) is 1. The van der Waals surface area contributed by atoms with Crippen molar-refractivity contribution < 1.29 is 14.3 Å². The second kappa shape index (κ2) is 9.99. The number of fused-ring (bicyclic) bond motifs is 5. The van der Waals surface area contributed by atoms with Crippen LogP contribution in [0, 0.1) is 0 Å². The minimum atomic E-state index is -0.864. The van der Waals surface area contributed by atoms with Gasteiger partial charge in [-0.25, -0.2) is 4.79 Å². The number of carbonyl (C=O) groups excluding carboxylic acids is 2. The normalized spacial score (nSPS) is 16.4. The van der Waals surface area contributed by atoms with Gasteiger partial charge < -0.3 is 4.74 Å². The lowest BCUT2D eigenvalue weighted by Crippen LogP contribution is -2.38. The van der Waals surface area contributed by atoms with Gasteiger partial charge in [-0.05, 0) is 63.6 Å². The number of pyridine rings is 1. The highest BCUT2D eigenvalue weighted by atomic mass is 16.5. The van der Waals surface area contributed by atoms with Crippen molar-refractivity contribution in [3.63, 3.8) is 0 Å². The molecule has 2 aromatic carbocycles. The predicted molar refractivity (Wildman–Crippen MR) is 150 cm³/mol. The summed E-state index contributed by atoms with van der Waals surface area (Å²) in [6, 6.07) is 16.2. The Morgan fingerprint density at radius 1 is 0.947 bits per heavy atom. The predicted octanol–water partition coefficient (Wildman–Crippen LogP) is 6.11. The summed E-state index contributed by atoms with van der Waals surface area (Å²) in [5, 5.41) is 1.92. The maximum absolute atomic E-state index is 14.0. The van der Waals surface area contributed by atoms with Crippen LogP contribution >= 0.6 is 0 Å². The zero-order chi connectivity index (χ0) is 26.4. The number of nitrogens with zero attached hydrogens (tertiary/aromatic N) is 3. The van der Waals surface area contributed by atoms with Crippen molar-refractivity contribution in [1.82, 2.24) is 14.5 Å². The highest BCUT2D eigenvalue weighted by Gasteiger charge is 2.32. The summed E-state index contributed by atoms with van der Waals surface area (Å²) in [4.78, 5) is 35.3. The average Bonchev–Trinajstić information content (AvgIpc) is 3.28. The molecule has 2 aromatic heterocycles. The second-order valence-corrected chi connectivity index (χ2v) is 10.9. The van der Waals surface area contributed by atoms with E-state index in [1.165, 1.54) is 5.56 Å².